The predicted molar refractivity (Wildman–Crippen MR) is 144 cm³/mol. The molecule has 38 heavy (non-hydrogen) atoms. The summed E-state index contributed by atoms with van der Waals surface area (Å²) in [7, 11) is 0. The third-order valence-corrected chi connectivity index (χ3v) is 6.73. The summed E-state index contributed by atoms with van der Waals surface area (Å²) in [6.07, 6.45) is 1.65. The van der Waals surface area contributed by atoms with E-state index in [4.69, 9.17) is 14.6 Å². The summed E-state index contributed by atoms with van der Waals surface area (Å²) >= 11 is 1.22. The van der Waals surface area contributed by atoms with Crippen molar-refractivity contribution in [3.05, 3.63) is 118 Å². The van der Waals surface area contributed by atoms with Crippen LogP contribution in [0.1, 0.15) is 32.0 Å². The lowest BCUT2D eigenvalue weighted by atomic mass is 10.1. The number of hydrogen-bond acceptors (Lipinski definition) is 6. The van der Waals surface area contributed by atoms with Crippen LogP contribution < -0.4 is 0 Å². The summed E-state index contributed by atoms with van der Waals surface area (Å²) in [5, 5.41) is 18.8. The first-order valence-electron chi connectivity index (χ1n) is 11.5. The first kappa shape index (κ1) is 24.8. The van der Waals surface area contributed by atoms with Gasteiger partial charge < -0.3 is 14.6 Å². The van der Waals surface area contributed by atoms with Crippen LogP contribution in [0.2, 0.25) is 0 Å². The molecule has 1 amide bonds. The second-order valence-corrected chi connectivity index (χ2v) is 9.33. The molecule has 1 aliphatic heterocycles. The summed E-state index contributed by atoms with van der Waals surface area (Å²) in [6, 6.07) is 25.5. The van der Waals surface area contributed by atoms with E-state index in [-0.39, 0.29) is 23.6 Å². The second kappa shape index (κ2) is 10.6. The van der Waals surface area contributed by atoms with Gasteiger partial charge in [0, 0.05) is 11.6 Å². The summed E-state index contributed by atoms with van der Waals surface area (Å²) in [4.78, 5) is 42.4. The zero-order valence-electron chi connectivity index (χ0n) is 19.8. The van der Waals surface area contributed by atoms with Gasteiger partial charge in [0.1, 0.15) is 11.5 Å². The maximum Gasteiger partial charge on any atom is 0.335 e. The van der Waals surface area contributed by atoms with E-state index < -0.39 is 11.9 Å². The molecule has 1 fully saturated rings. The number of benzene rings is 3. The number of carbonyl (C=O) groups excluding carboxylic acids is 1. The molecular formula is C29H20N2O6S. The summed E-state index contributed by atoms with van der Waals surface area (Å²) in [6.45, 7) is 0.216. The van der Waals surface area contributed by atoms with Gasteiger partial charge in [-0.05, 0) is 65.9 Å². The number of hydrogen-bond donors (Lipinski definition) is 2. The number of nitrogens with zero attached hydrogens (tertiary/aromatic N) is 2. The standard InChI is InChI=1S/C29H20N2O6S/c32-26-25(16-23-14-15-24(37-23)19-10-12-21(13-11-19)28(35)36)38-29(30-22-4-2-1-3-5-22)31(26)17-18-6-8-20(9-7-18)27(33)34/h1-16H,17H2,(H,33,34)(H,35,36)/b25-16-,30-29?. The number of para-hydroxylation sites is 1. The highest BCUT2D eigenvalue weighted by atomic mass is 32.2. The lowest BCUT2D eigenvalue weighted by Crippen LogP contribution is -2.28. The number of carbonyl (C=O) groups is 3. The molecule has 5 rings (SSSR count). The monoisotopic (exact) mass is 524 g/mol. The van der Waals surface area contributed by atoms with Crippen LogP contribution in [0.5, 0.6) is 0 Å². The molecule has 0 unspecified atom stereocenters. The Morgan fingerprint density at radius 3 is 2.11 bits per heavy atom. The lowest BCUT2D eigenvalue weighted by Gasteiger charge is -2.16. The quantitative estimate of drug-likeness (QED) is 0.278. The highest BCUT2D eigenvalue weighted by molar-refractivity contribution is 8.18. The van der Waals surface area contributed by atoms with Crippen LogP contribution in [0.25, 0.3) is 17.4 Å². The Morgan fingerprint density at radius 1 is 0.842 bits per heavy atom. The minimum Gasteiger partial charge on any atom is -0.478 e. The molecule has 0 bridgehead atoms. The molecule has 2 N–H and O–H groups in total. The Balaban J connectivity index is 1.43. The van der Waals surface area contributed by atoms with E-state index in [1.165, 1.54) is 36.0 Å². The van der Waals surface area contributed by atoms with Crippen molar-refractivity contribution in [1.82, 2.24) is 4.90 Å². The van der Waals surface area contributed by atoms with Crippen molar-refractivity contribution >= 4 is 46.5 Å². The van der Waals surface area contributed by atoms with Crippen LogP contribution >= 0.6 is 11.8 Å². The molecule has 0 saturated carbocycles. The van der Waals surface area contributed by atoms with Gasteiger partial charge in [-0.15, -0.1) is 0 Å². The topological polar surface area (TPSA) is 120 Å². The van der Waals surface area contributed by atoms with Crippen molar-refractivity contribution in [2.45, 2.75) is 6.54 Å². The molecule has 2 heterocycles. The Hall–Kier alpha value is -4.89. The zero-order chi connectivity index (χ0) is 26.6. The van der Waals surface area contributed by atoms with E-state index in [9.17, 15) is 14.4 Å². The normalized spacial score (nSPS) is 15.4. The average molecular weight is 525 g/mol. The fraction of sp³-hybridized carbons (Fsp3) is 0.0345. The largest absolute Gasteiger partial charge is 0.478 e. The summed E-state index contributed by atoms with van der Waals surface area (Å²) in [5.41, 5.74) is 2.51. The minimum atomic E-state index is -1.02. The zero-order valence-corrected chi connectivity index (χ0v) is 20.6. The molecule has 9 heteroatoms. The smallest absolute Gasteiger partial charge is 0.335 e. The Labute approximate surface area is 221 Å². The number of amides is 1. The number of aliphatic imine (C=N–C) groups is 1. The van der Waals surface area contributed by atoms with Crippen molar-refractivity contribution in [2.24, 2.45) is 4.99 Å². The van der Waals surface area contributed by atoms with Gasteiger partial charge in [0.15, 0.2) is 5.17 Å². The first-order chi connectivity index (χ1) is 18.4. The van der Waals surface area contributed by atoms with E-state index in [1.807, 2.05) is 30.3 Å². The van der Waals surface area contributed by atoms with Crippen LogP contribution in [-0.2, 0) is 11.3 Å². The molecule has 1 aliphatic rings. The number of carboxylic acids is 2. The van der Waals surface area contributed by atoms with E-state index in [0.717, 1.165) is 5.56 Å². The third kappa shape index (κ3) is 5.42. The maximum atomic E-state index is 13.4. The highest BCUT2D eigenvalue weighted by Gasteiger charge is 2.34. The molecule has 188 valence electrons. The maximum absolute atomic E-state index is 13.4. The highest BCUT2D eigenvalue weighted by Crippen LogP contribution is 2.36. The molecule has 4 aromatic rings. The Morgan fingerprint density at radius 2 is 1.47 bits per heavy atom. The molecule has 3 aromatic carbocycles. The number of thioether (sulfide) groups is 1. The number of carboxylic acid groups (broad SMARTS) is 2. The molecule has 0 aliphatic carbocycles. The van der Waals surface area contributed by atoms with Crippen molar-refractivity contribution < 1.29 is 29.0 Å². The van der Waals surface area contributed by atoms with Crippen molar-refractivity contribution in [3.8, 4) is 11.3 Å². The van der Waals surface area contributed by atoms with E-state index in [0.29, 0.717) is 32.8 Å². The van der Waals surface area contributed by atoms with Crippen LogP contribution in [0.3, 0.4) is 0 Å². The van der Waals surface area contributed by atoms with E-state index in [1.54, 1.807) is 47.4 Å². The van der Waals surface area contributed by atoms with Crippen molar-refractivity contribution in [3.63, 3.8) is 0 Å². The molecule has 8 nitrogen and oxygen atoms in total. The van der Waals surface area contributed by atoms with Gasteiger partial charge in [-0.25, -0.2) is 14.6 Å². The van der Waals surface area contributed by atoms with Crippen LogP contribution in [0, 0.1) is 0 Å². The second-order valence-electron chi connectivity index (χ2n) is 8.32. The predicted octanol–water partition coefficient (Wildman–Crippen LogP) is 6.15. The fourth-order valence-electron chi connectivity index (χ4n) is 3.77. The Bertz CT molecular complexity index is 1570. The summed E-state index contributed by atoms with van der Waals surface area (Å²) in [5.74, 6) is -1.27. The Kier molecular flexibility index (Phi) is 6.92. The van der Waals surface area contributed by atoms with Crippen molar-refractivity contribution in [1.29, 1.82) is 0 Å². The molecule has 0 atom stereocenters. The van der Waals surface area contributed by atoms with Crippen LogP contribution in [0.4, 0.5) is 5.69 Å². The van der Waals surface area contributed by atoms with Gasteiger partial charge >= 0.3 is 11.9 Å². The van der Waals surface area contributed by atoms with Gasteiger partial charge in [0.25, 0.3) is 5.91 Å². The molecule has 0 radical (unpaired) electrons. The number of aromatic carboxylic acids is 2. The summed E-state index contributed by atoms with van der Waals surface area (Å²) < 4.78 is 5.92. The van der Waals surface area contributed by atoms with E-state index in [2.05, 4.69) is 4.99 Å². The molecular weight excluding hydrogens is 504 g/mol. The SMILES string of the molecule is O=C(O)c1ccc(CN2C(=O)/C(=C/c3ccc(-c4ccc(C(=O)O)cc4)o3)SC2=Nc2ccccc2)cc1. The average Bonchev–Trinajstić information content (AvgIpc) is 3.50. The molecule has 1 saturated heterocycles. The van der Waals surface area contributed by atoms with Crippen LogP contribution in [0.15, 0.2) is 105 Å². The van der Waals surface area contributed by atoms with Gasteiger partial charge in [0.2, 0.25) is 0 Å². The molecule has 1 aromatic heterocycles. The molecule has 0 spiro atoms. The van der Waals surface area contributed by atoms with Crippen LogP contribution in [-0.4, -0.2) is 38.1 Å². The van der Waals surface area contributed by atoms with Gasteiger partial charge in [-0.3, -0.25) is 9.69 Å². The fourth-order valence-corrected chi connectivity index (χ4v) is 4.75. The van der Waals surface area contributed by atoms with Crippen molar-refractivity contribution in [2.75, 3.05) is 0 Å². The van der Waals surface area contributed by atoms with Gasteiger partial charge in [-0.1, -0.05) is 42.5 Å². The van der Waals surface area contributed by atoms with Gasteiger partial charge in [0.05, 0.1) is 28.3 Å². The third-order valence-electron chi connectivity index (χ3n) is 5.73. The number of furan rings is 1. The number of rotatable bonds is 7. The van der Waals surface area contributed by atoms with Gasteiger partial charge in [-0.2, -0.15) is 0 Å². The van der Waals surface area contributed by atoms with E-state index >= 15 is 0 Å². The number of amidine groups is 1. The first-order valence-corrected chi connectivity index (χ1v) is 12.3. The minimum absolute atomic E-state index is 0.167. The lowest BCUT2D eigenvalue weighted by molar-refractivity contribution is -0.122.